The molecule has 0 saturated carbocycles. The zero-order valence-corrected chi connectivity index (χ0v) is 9.83. The summed E-state index contributed by atoms with van der Waals surface area (Å²) in [5.74, 6) is -1.95. The Morgan fingerprint density at radius 2 is 1.78 bits per heavy atom. The number of benzene rings is 1. The molecule has 0 aliphatic heterocycles. The number of nitrogens with two attached hydrogens (primary N) is 2. The molecule has 0 aromatic heterocycles. The smallest absolute Gasteiger partial charge is 0.320 e. The molecule has 18 heavy (non-hydrogen) atoms. The third-order valence-electron chi connectivity index (χ3n) is 1.81. The minimum Gasteiger partial charge on any atom is -0.504 e. The van der Waals surface area contributed by atoms with Crippen molar-refractivity contribution in [2.24, 2.45) is 11.5 Å². The molecule has 1 atom stereocenters. The molecule has 0 heterocycles. The van der Waals surface area contributed by atoms with Gasteiger partial charge in [0.05, 0.1) is 0 Å². The lowest BCUT2D eigenvalue weighted by atomic mass is 10.1. The number of primary amides is 1. The van der Waals surface area contributed by atoms with Gasteiger partial charge < -0.3 is 26.8 Å². The number of phenols is 2. The third kappa shape index (κ3) is 6.33. The van der Waals surface area contributed by atoms with Crippen LogP contribution in [0.3, 0.4) is 0 Å². The average molecular weight is 256 g/mol. The molecular weight excluding hydrogens is 240 g/mol. The molecule has 1 rings (SSSR count). The highest BCUT2D eigenvalue weighted by Gasteiger charge is 2.12. The molecule has 1 amide bonds. The summed E-state index contributed by atoms with van der Waals surface area (Å²) in [6, 6.07) is 3.09. The number of aliphatic carboxylic acids is 1. The van der Waals surface area contributed by atoms with Crippen LogP contribution in [0.15, 0.2) is 18.2 Å². The number of hydrogen-bond donors (Lipinski definition) is 5. The number of rotatable bonds is 3. The van der Waals surface area contributed by atoms with Crippen LogP contribution in [0.1, 0.15) is 12.5 Å². The summed E-state index contributed by atoms with van der Waals surface area (Å²) in [6.07, 6.45) is 0.114. The van der Waals surface area contributed by atoms with Crippen molar-refractivity contribution < 1.29 is 24.9 Å². The first-order chi connectivity index (χ1) is 8.23. The molecule has 7 nitrogen and oxygen atoms in total. The number of carbonyl (C=O) groups excluding carboxylic acids is 1. The SMILES string of the molecule is CC(N)=O.NC(Cc1ccc(O)c(O)c1)C(=O)O. The number of hydrogen-bond acceptors (Lipinski definition) is 5. The summed E-state index contributed by atoms with van der Waals surface area (Å²) in [4.78, 5) is 19.6. The van der Waals surface area contributed by atoms with Gasteiger partial charge in [-0.05, 0) is 24.1 Å². The van der Waals surface area contributed by atoms with Gasteiger partial charge in [0.15, 0.2) is 11.5 Å². The van der Waals surface area contributed by atoms with E-state index in [1.807, 2.05) is 0 Å². The Balaban J connectivity index is 0.000000631. The maximum absolute atomic E-state index is 10.4. The molecule has 1 aromatic carbocycles. The Morgan fingerprint density at radius 3 is 2.17 bits per heavy atom. The van der Waals surface area contributed by atoms with Gasteiger partial charge in [-0.2, -0.15) is 0 Å². The third-order valence-corrected chi connectivity index (χ3v) is 1.81. The molecule has 0 aliphatic carbocycles. The van der Waals surface area contributed by atoms with Crippen LogP contribution >= 0.6 is 0 Å². The lowest BCUT2D eigenvalue weighted by Crippen LogP contribution is -2.32. The van der Waals surface area contributed by atoms with Crippen molar-refractivity contribution in [1.29, 1.82) is 0 Å². The van der Waals surface area contributed by atoms with Gasteiger partial charge in [0.2, 0.25) is 5.91 Å². The second-order valence-corrected chi connectivity index (χ2v) is 3.58. The number of carboxylic acid groups (broad SMARTS) is 1. The molecule has 1 aromatic rings. The van der Waals surface area contributed by atoms with Crippen molar-refractivity contribution in [3.05, 3.63) is 23.8 Å². The zero-order chi connectivity index (χ0) is 14.3. The van der Waals surface area contributed by atoms with Gasteiger partial charge in [-0.15, -0.1) is 0 Å². The molecule has 0 saturated heterocycles. The second kappa shape index (κ2) is 7.13. The highest BCUT2D eigenvalue weighted by atomic mass is 16.4. The fraction of sp³-hybridized carbons (Fsp3) is 0.273. The summed E-state index contributed by atoms with van der Waals surface area (Å²) < 4.78 is 0. The van der Waals surface area contributed by atoms with E-state index in [0.29, 0.717) is 5.56 Å². The van der Waals surface area contributed by atoms with E-state index in [4.69, 9.17) is 21.1 Å². The molecule has 0 fully saturated rings. The minimum atomic E-state index is -1.10. The van der Waals surface area contributed by atoms with Crippen LogP contribution in [0, 0.1) is 0 Å². The lowest BCUT2D eigenvalue weighted by Gasteiger charge is -2.06. The Morgan fingerprint density at radius 1 is 1.28 bits per heavy atom. The Labute approximate surface area is 104 Å². The van der Waals surface area contributed by atoms with Crippen molar-refractivity contribution in [2.75, 3.05) is 0 Å². The van der Waals surface area contributed by atoms with Crippen LogP contribution in [0.5, 0.6) is 11.5 Å². The molecule has 100 valence electrons. The van der Waals surface area contributed by atoms with Crippen molar-refractivity contribution >= 4 is 11.9 Å². The monoisotopic (exact) mass is 256 g/mol. The predicted molar refractivity (Wildman–Crippen MR) is 64.0 cm³/mol. The van der Waals surface area contributed by atoms with Crippen LogP contribution in [0.4, 0.5) is 0 Å². The topological polar surface area (TPSA) is 147 Å². The normalized spacial score (nSPS) is 11.0. The van der Waals surface area contributed by atoms with Crippen LogP contribution in [-0.4, -0.2) is 33.2 Å². The summed E-state index contributed by atoms with van der Waals surface area (Å²) in [6.45, 7) is 1.31. The number of carboxylic acids is 1. The van der Waals surface area contributed by atoms with Crippen molar-refractivity contribution in [3.8, 4) is 11.5 Å². The van der Waals surface area contributed by atoms with Crippen LogP contribution in [0.25, 0.3) is 0 Å². The van der Waals surface area contributed by atoms with Crippen molar-refractivity contribution in [2.45, 2.75) is 19.4 Å². The highest BCUT2D eigenvalue weighted by molar-refractivity contribution is 5.73. The van der Waals surface area contributed by atoms with Gasteiger partial charge >= 0.3 is 5.97 Å². The van der Waals surface area contributed by atoms with E-state index in [2.05, 4.69) is 5.73 Å². The summed E-state index contributed by atoms with van der Waals surface area (Å²) in [7, 11) is 0. The fourth-order valence-electron chi connectivity index (χ4n) is 1.04. The first-order valence-corrected chi connectivity index (χ1v) is 4.99. The molecule has 0 bridgehead atoms. The van der Waals surface area contributed by atoms with Gasteiger partial charge in [0.1, 0.15) is 6.04 Å². The van der Waals surface area contributed by atoms with Gasteiger partial charge in [-0.25, -0.2) is 0 Å². The maximum atomic E-state index is 10.4. The maximum Gasteiger partial charge on any atom is 0.320 e. The average Bonchev–Trinajstić information content (AvgIpc) is 2.22. The molecule has 0 radical (unpaired) electrons. The summed E-state index contributed by atoms with van der Waals surface area (Å²) in [5, 5.41) is 26.6. The summed E-state index contributed by atoms with van der Waals surface area (Å²) >= 11 is 0. The molecule has 1 unspecified atom stereocenters. The first-order valence-electron chi connectivity index (χ1n) is 4.99. The fourth-order valence-corrected chi connectivity index (χ4v) is 1.04. The molecule has 7 heteroatoms. The summed E-state index contributed by atoms with van der Waals surface area (Å²) in [5.41, 5.74) is 10.3. The lowest BCUT2D eigenvalue weighted by molar-refractivity contribution is -0.138. The van der Waals surface area contributed by atoms with E-state index < -0.39 is 12.0 Å². The largest absolute Gasteiger partial charge is 0.504 e. The van der Waals surface area contributed by atoms with E-state index in [9.17, 15) is 9.59 Å². The standard InChI is InChI=1S/C9H11NO4.C2H5NO/c10-6(9(13)14)3-5-1-2-7(11)8(12)4-5;1-2(3)4/h1-2,4,6,11-12H,3,10H2,(H,13,14);1H3,(H2,3,4). The second-order valence-electron chi connectivity index (χ2n) is 3.58. The van der Waals surface area contributed by atoms with Crippen molar-refractivity contribution in [3.63, 3.8) is 0 Å². The van der Waals surface area contributed by atoms with Crippen LogP contribution in [0.2, 0.25) is 0 Å². The van der Waals surface area contributed by atoms with E-state index in [1.165, 1.54) is 25.1 Å². The number of phenolic OH excluding ortho intramolecular Hbond substituents is 2. The molecule has 7 N–H and O–H groups in total. The van der Waals surface area contributed by atoms with E-state index in [0.717, 1.165) is 0 Å². The van der Waals surface area contributed by atoms with Crippen LogP contribution in [-0.2, 0) is 16.0 Å². The Bertz CT molecular complexity index is 429. The van der Waals surface area contributed by atoms with Gasteiger partial charge in [0.25, 0.3) is 0 Å². The van der Waals surface area contributed by atoms with Crippen molar-refractivity contribution in [1.82, 2.24) is 0 Å². The highest BCUT2D eigenvalue weighted by Crippen LogP contribution is 2.25. The Hall–Kier alpha value is -2.28. The first kappa shape index (κ1) is 15.7. The number of carbonyl (C=O) groups is 2. The van der Waals surface area contributed by atoms with E-state index >= 15 is 0 Å². The Kier molecular flexibility index (Phi) is 6.22. The van der Waals surface area contributed by atoms with E-state index in [1.54, 1.807) is 0 Å². The predicted octanol–water partition coefficient (Wildman–Crippen LogP) is -0.456. The minimum absolute atomic E-state index is 0.114. The number of amides is 1. The quantitative estimate of drug-likeness (QED) is 0.462. The zero-order valence-electron chi connectivity index (χ0n) is 9.83. The molecular formula is C11H16N2O5. The molecule has 0 aliphatic rings. The van der Waals surface area contributed by atoms with Gasteiger partial charge in [-0.3, -0.25) is 9.59 Å². The van der Waals surface area contributed by atoms with Gasteiger partial charge in [0, 0.05) is 6.92 Å². The number of aromatic hydroxyl groups is 2. The van der Waals surface area contributed by atoms with E-state index in [-0.39, 0.29) is 23.8 Å². The van der Waals surface area contributed by atoms with Crippen LogP contribution < -0.4 is 11.5 Å². The molecule has 0 spiro atoms. The van der Waals surface area contributed by atoms with Gasteiger partial charge in [-0.1, -0.05) is 6.07 Å².